The van der Waals surface area contributed by atoms with Gasteiger partial charge in [-0.1, -0.05) is 61.3 Å². The predicted molar refractivity (Wildman–Crippen MR) is 120 cm³/mol. The van der Waals surface area contributed by atoms with Crippen LogP contribution in [-0.2, 0) is 12.8 Å². The van der Waals surface area contributed by atoms with Gasteiger partial charge in [-0.15, -0.1) is 0 Å². The van der Waals surface area contributed by atoms with E-state index in [0.29, 0.717) is 24.0 Å². The number of rotatable bonds is 6. The van der Waals surface area contributed by atoms with E-state index in [4.69, 9.17) is 23.2 Å². The van der Waals surface area contributed by atoms with Gasteiger partial charge in [-0.3, -0.25) is 0 Å². The van der Waals surface area contributed by atoms with Crippen molar-refractivity contribution in [3.8, 4) is 23.0 Å². The van der Waals surface area contributed by atoms with Crippen LogP contribution in [0.5, 0.6) is 23.0 Å². The minimum Gasteiger partial charge on any atom is -0.508 e. The fraction of sp³-hybridized carbons (Fsp3) is 0.250. The van der Waals surface area contributed by atoms with E-state index in [9.17, 15) is 20.4 Å². The van der Waals surface area contributed by atoms with Crippen molar-refractivity contribution in [3.63, 3.8) is 0 Å². The van der Waals surface area contributed by atoms with E-state index < -0.39 is 0 Å². The summed E-state index contributed by atoms with van der Waals surface area (Å²) in [4.78, 5) is 0. The Morgan fingerprint density at radius 2 is 1.07 bits per heavy atom. The van der Waals surface area contributed by atoms with E-state index in [1.165, 1.54) is 24.3 Å². The van der Waals surface area contributed by atoms with Gasteiger partial charge in [0.15, 0.2) is 0 Å². The van der Waals surface area contributed by atoms with Crippen LogP contribution >= 0.6 is 23.2 Å². The molecule has 3 rings (SSSR count). The lowest BCUT2D eigenvalue weighted by Gasteiger charge is -2.19. The monoisotopic (exact) mass is 446 g/mol. The molecule has 2 unspecified atom stereocenters. The zero-order chi connectivity index (χ0) is 22.0. The molecule has 3 aromatic rings. The Morgan fingerprint density at radius 1 is 0.667 bits per heavy atom. The summed E-state index contributed by atoms with van der Waals surface area (Å²) in [5.74, 6) is -0.138. The van der Waals surface area contributed by atoms with Crippen LogP contribution < -0.4 is 0 Å². The summed E-state index contributed by atoms with van der Waals surface area (Å²) in [5, 5.41) is 41.1. The van der Waals surface area contributed by atoms with Crippen LogP contribution in [0.2, 0.25) is 10.0 Å². The first-order valence-electron chi connectivity index (χ1n) is 9.67. The summed E-state index contributed by atoms with van der Waals surface area (Å²) >= 11 is 12.0. The molecular weight excluding hydrogens is 423 g/mol. The van der Waals surface area contributed by atoms with Crippen molar-refractivity contribution in [1.82, 2.24) is 0 Å². The van der Waals surface area contributed by atoms with E-state index in [1.54, 1.807) is 0 Å². The Hall–Kier alpha value is -2.56. The maximum atomic E-state index is 10.2. The molecule has 0 saturated heterocycles. The maximum absolute atomic E-state index is 10.2. The number of hydrogen-bond donors (Lipinski definition) is 4. The third-order valence-corrected chi connectivity index (χ3v) is 6.10. The van der Waals surface area contributed by atoms with E-state index in [-0.39, 0.29) is 44.9 Å². The second kappa shape index (κ2) is 9.07. The van der Waals surface area contributed by atoms with Crippen LogP contribution in [0.3, 0.4) is 0 Å². The first-order valence-corrected chi connectivity index (χ1v) is 10.4. The molecule has 0 amide bonds. The van der Waals surface area contributed by atoms with Crippen LogP contribution in [0.25, 0.3) is 0 Å². The van der Waals surface area contributed by atoms with E-state index >= 15 is 0 Å². The van der Waals surface area contributed by atoms with Crippen molar-refractivity contribution in [2.45, 2.75) is 38.5 Å². The first kappa shape index (κ1) is 22.1. The minimum atomic E-state index is -0.0973. The molecule has 4 nitrogen and oxygen atoms in total. The molecule has 0 saturated carbocycles. The zero-order valence-corrected chi connectivity index (χ0v) is 18.2. The molecule has 30 heavy (non-hydrogen) atoms. The van der Waals surface area contributed by atoms with Gasteiger partial charge in [-0.25, -0.2) is 0 Å². The number of hydrogen-bond acceptors (Lipinski definition) is 4. The number of phenols is 4. The van der Waals surface area contributed by atoms with Crippen LogP contribution in [0.15, 0.2) is 48.5 Å². The average molecular weight is 447 g/mol. The lowest BCUT2D eigenvalue weighted by Crippen LogP contribution is -2.03. The van der Waals surface area contributed by atoms with Crippen molar-refractivity contribution in [2.75, 3.05) is 0 Å². The zero-order valence-electron chi connectivity index (χ0n) is 16.7. The second-order valence-electron chi connectivity index (χ2n) is 7.67. The Morgan fingerprint density at radius 3 is 1.47 bits per heavy atom. The Kier molecular flexibility index (Phi) is 6.69. The third kappa shape index (κ3) is 4.61. The van der Waals surface area contributed by atoms with Gasteiger partial charge < -0.3 is 20.4 Å². The summed E-state index contributed by atoms with van der Waals surface area (Å²) in [6, 6.07) is 13.9. The van der Waals surface area contributed by atoms with Gasteiger partial charge in [0.1, 0.15) is 23.0 Å². The highest BCUT2D eigenvalue weighted by Gasteiger charge is 2.19. The minimum absolute atomic E-state index is 0.0141. The number of halogens is 2. The first-order chi connectivity index (χ1) is 14.2. The quantitative estimate of drug-likeness (QED) is 0.347. The van der Waals surface area contributed by atoms with Gasteiger partial charge >= 0.3 is 0 Å². The SMILES string of the molecule is CC(Cc1c(O)ccc(Cl)c1O)c1cccc(C(C)Cc2c(O)ccc(Cl)c2O)c1. The summed E-state index contributed by atoms with van der Waals surface area (Å²) in [6.45, 7) is 4.02. The molecule has 4 N–H and O–H groups in total. The van der Waals surface area contributed by atoms with Crippen molar-refractivity contribution < 1.29 is 20.4 Å². The highest BCUT2D eigenvalue weighted by atomic mass is 35.5. The normalized spacial score (nSPS) is 13.2. The van der Waals surface area contributed by atoms with E-state index in [2.05, 4.69) is 6.07 Å². The van der Waals surface area contributed by atoms with Gasteiger partial charge in [0.2, 0.25) is 0 Å². The van der Waals surface area contributed by atoms with Crippen LogP contribution in [0.1, 0.15) is 47.9 Å². The molecule has 158 valence electrons. The number of phenolic OH excluding ortho intramolecular Hbond substituents is 4. The Balaban J connectivity index is 1.83. The fourth-order valence-corrected chi connectivity index (χ4v) is 3.97. The van der Waals surface area contributed by atoms with Gasteiger partial charge in [-0.05, 0) is 60.1 Å². The molecule has 6 heteroatoms. The molecule has 0 aliphatic carbocycles. The van der Waals surface area contributed by atoms with Gasteiger partial charge in [-0.2, -0.15) is 0 Å². The molecule has 0 heterocycles. The molecule has 0 aromatic heterocycles. The molecule has 0 bridgehead atoms. The van der Waals surface area contributed by atoms with Crippen molar-refractivity contribution in [1.29, 1.82) is 0 Å². The van der Waals surface area contributed by atoms with Gasteiger partial charge in [0, 0.05) is 11.1 Å². The van der Waals surface area contributed by atoms with Crippen molar-refractivity contribution >= 4 is 23.2 Å². The van der Waals surface area contributed by atoms with Crippen molar-refractivity contribution in [3.05, 3.63) is 80.8 Å². The Bertz CT molecular complexity index is 985. The topological polar surface area (TPSA) is 80.9 Å². The van der Waals surface area contributed by atoms with Crippen LogP contribution in [0.4, 0.5) is 0 Å². The highest BCUT2D eigenvalue weighted by molar-refractivity contribution is 6.32. The third-order valence-electron chi connectivity index (χ3n) is 5.49. The lowest BCUT2D eigenvalue weighted by atomic mass is 9.87. The number of benzene rings is 3. The molecule has 3 aromatic carbocycles. The fourth-order valence-electron chi connectivity index (χ4n) is 3.62. The average Bonchev–Trinajstić information content (AvgIpc) is 2.74. The van der Waals surface area contributed by atoms with E-state index in [0.717, 1.165) is 11.1 Å². The largest absolute Gasteiger partial charge is 0.508 e. The van der Waals surface area contributed by atoms with Gasteiger partial charge in [0.25, 0.3) is 0 Å². The smallest absolute Gasteiger partial charge is 0.141 e. The highest BCUT2D eigenvalue weighted by Crippen LogP contribution is 2.39. The molecule has 0 radical (unpaired) electrons. The van der Waals surface area contributed by atoms with E-state index in [1.807, 2.05) is 32.0 Å². The lowest BCUT2D eigenvalue weighted by molar-refractivity contribution is 0.435. The van der Waals surface area contributed by atoms with Crippen LogP contribution in [0, 0.1) is 0 Å². The molecule has 0 spiro atoms. The molecule has 0 fully saturated rings. The molecule has 0 aliphatic heterocycles. The molecule has 0 aliphatic rings. The van der Waals surface area contributed by atoms with Crippen molar-refractivity contribution in [2.24, 2.45) is 0 Å². The molecule has 2 atom stereocenters. The van der Waals surface area contributed by atoms with Crippen LogP contribution in [-0.4, -0.2) is 20.4 Å². The standard InChI is InChI=1S/C24H24Cl2O4/c1-13(10-17-21(27)8-6-19(25)23(17)29)15-4-3-5-16(12-15)14(2)11-18-22(28)9-7-20(26)24(18)30/h3-9,12-14,27-30H,10-11H2,1-2H3. The second-order valence-corrected chi connectivity index (χ2v) is 8.48. The number of aromatic hydroxyl groups is 4. The maximum Gasteiger partial charge on any atom is 0.141 e. The summed E-state index contributed by atoms with van der Waals surface area (Å²) in [5.41, 5.74) is 2.92. The Labute approximate surface area is 186 Å². The summed E-state index contributed by atoms with van der Waals surface area (Å²) in [6.07, 6.45) is 0.845. The predicted octanol–water partition coefficient (Wildman–Crippen LogP) is 6.51. The van der Waals surface area contributed by atoms with Gasteiger partial charge in [0.05, 0.1) is 10.0 Å². The summed E-state index contributed by atoms with van der Waals surface area (Å²) in [7, 11) is 0. The summed E-state index contributed by atoms with van der Waals surface area (Å²) < 4.78 is 0. The molecular formula is C24H24Cl2O4.